The monoisotopic (exact) mass is 443 g/mol. The minimum atomic E-state index is -4.37. The number of aromatic nitrogens is 3. The lowest BCUT2D eigenvalue weighted by Crippen LogP contribution is -2.41. The second-order valence-electron chi connectivity index (χ2n) is 8.37. The van der Waals surface area contributed by atoms with E-state index in [4.69, 9.17) is 0 Å². The third-order valence-corrected chi connectivity index (χ3v) is 7.65. The van der Waals surface area contributed by atoms with Gasteiger partial charge in [0.1, 0.15) is 17.8 Å². The fourth-order valence-electron chi connectivity index (χ4n) is 5.01. The number of aliphatic hydroxyl groups excluding tert-OH is 1. The van der Waals surface area contributed by atoms with Crippen molar-refractivity contribution in [1.29, 1.82) is 0 Å². The van der Waals surface area contributed by atoms with Crippen LogP contribution in [-0.2, 0) is 16.7 Å². The summed E-state index contributed by atoms with van der Waals surface area (Å²) < 4.78 is 35.1. The summed E-state index contributed by atoms with van der Waals surface area (Å²) in [5.74, 6) is 0.760. The topological polar surface area (TPSA) is 121 Å². The van der Waals surface area contributed by atoms with Crippen molar-refractivity contribution >= 4 is 27.2 Å². The quantitative estimate of drug-likeness (QED) is 0.518. The molecule has 10 heteroatoms. The number of aryl methyl sites for hydroxylation is 1. The van der Waals surface area contributed by atoms with Crippen LogP contribution in [0.25, 0.3) is 11.0 Å². The molecule has 31 heavy (non-hydrogen) atoms. The van der Waals surface area contributed by atoms with Crippen LogP contribution in [0, 0.1) is 0 Å². The Morgan fingerprint density at radius 2 is 2.00 bits per heavy atom. The van der Waals surface area contributed by atoms with Crippen LogP contribution in [-0.4, -0.2) is 56.1 Å². The number of likely N-dealkylation sites (N-methyl/N-ethyl adjacent to an activating group) is 1. The Morgan fingerprint density at radius 1 is 1.19 bits per heavy atom. The molecule has 1 aromatic carbocycles. The van der Waals surface area contributed by atoms with Crippen molar-refractivity contribution < 1.29 is 18.1 Å². The fourth-order valence-corrected chi connectivity index (χ4v) is 5.58. The van der Waals surface area contributed by atoms with Crippen molar-refractivity contribution in [2.45, 2.75) is 49.9 Å². The highest BCUT2D eigenvalue weighted by Crippen LogP contribution is 2.38. The molecular weight excluding hydrogens is 418 g/mol. The molecule has 0 unspecified atom stereocenters. The average Bonchev–Trinajstić information content (AvgIpc) is 3.44. The highest BCUT2D eigenvalue weighted by Gasteiger charge is 2.40. The first-order valence-electron chi connectivity index (χ1n) is 10.4. The van der Waals surface area contributed by atoms with E-state index < -0.39 is 22.4 Å². The Balaban J connectivity index is 1.42. The Bertz CT molecular complexity index is 1230. The van der Waals surface area contributed by atoms with Crippen LogP contribution in [0.15, 0.2) is 42.9 Å². The standard InChI is InChI=1S/C21H25N5O4S/c1-25(31(28,29)30)18-10-14(11-19(18)27)26-9-8-16-20(22-12-23-21(16)26)24-17-7-6-13-4-2-3-5-15(13)17/h2-5,8-9,12,14,17-19,27H,6-7,10-11H2,1H3,(H,22,23,24)(H,28,29,30)/t14-,17-,18+,19+/m1/s1. The molecule has 0 spiro atoms. The van der Waals surface area contributed by atoms with Crippen LogP contribution in [0.4, 0.5) is 5.82 Å². The molecule has 1 fully saturated rings. The van der Waals surface area contributed by atoms with Crippen LogP contribution < -0.4 is 5.32 Å². The maximum atomic E-state index is 11.5. The van der Waals surface area contributed by atoms with Gasteiger partial charge in [-0.1, -0.05) is 24.3 Å². The van der Waals surface area contributed by atoms with Gasteiger partial charge in [-0.25, -0.2) is 9.97 Å². The molecule has 9 nitrogen and oxygen atoms in total. The molecule has 0 amide bonds. The van der Waals surface area contributed by atoms with Crippen molar-refractivity contribution in [3.05, 3.63) is 54.0 Å². The first-order valence-corrected chi connectivity index (χ1v) is 11.8. The minimum Gasteiger partial charge on any atom is -0.391 e. The summed E-state index contributed by atoms with van der Waals surface area (Å²) in [6.45, 7) is 0. The summed E-state index contributed by atoms with van der Waals surface area (Å²) in [7, 11) is -3.09. The van der Waals surface area contributed by atoms with E-state index in [1.165, 1.54) is 24.5 Å². The molecule has 2 aliphatic carbocycles. The molecule has 2 heterocycles. The van der Waals surface area contributed by atoms with Gasteiger partial charge in [0.05, 0.1) is 23.6 Å². The number of rotatable bonds is 5. The van der Waals surface area contributed by atoms with Crippen LogP contribution in [0.5, 0.6) is 0 Å². The summed E-state index contributed by atoms with van der Waals surface area (Å²) in [5.41, 5.74) is 3.39. The zero-order valence-corrected chi connectivity index (χ0v) is 17.9. The van der Waals surface area contributed by atoms with Gasteiger partial charge in [0.2, 0.25) is 0 Å². The van der Waals surface area contributed by atoms with Gasteiger partial charge < -0.3 is 15.0 Å². The molecule has 0 bridgehead atoms. The lowest BCUT2D eigenvalue weighted by Gasteiger charge is -2.23. The maximum Gasteiger partial charge on any atom is 0.335 e. The second kappa shape index (κ2) is 7.56. The zero-order chi connectivity index (χ0) is 21.8. The summed E-state index contributed by atoms with van der Waals surface area (Å²) in [6, 6.07) is 9.74. The fraction of sp³-hybridized carbons (Fsp3) is 0.429. The largest absolute Gasteiger partial charge is 0.391 e. The Morgan fingerprint density at radius 3 is 2.81 bits per heavy atom. The minimum absolute atomic E-state index is 0.142. The van der Waals surface area contributed by atoms with Crippen molar-refractivity contribution in [3.8, 4) is 0 Å². The van der Waals surface area contributed by atoms with Gasteiger partial charge in [-0.3, -0.25) is 4.55 Å². The number of anilines is 1. The molecule has 0 radical (unpaired) electrons. The number of benzene rings is 1. The predicted molar refractivity (Wildman–Crippen MR) is 116 cm³/mol. The molecule has 5 rings (SSSR count). The number of hydrogen-bond donors (Lipinski definition) is 3. The zero-order valence-electron chi connectivity index (χ0n) is 17.1. The summed E-state index contributed by atoms with van der Waals surface area (Å²) in [5, 5.41) is 14.9. The molecule has 2 aromatic heterocycles. The van der Waals surface area contributed by atoms with Gasteiger partial charge in [0.25, 0.3) is 0 Å². The van der Waals surface area contributed by atoms with Crippen LogP contribution in [0.1, 0.15) is 42.5 Å². The normalized spacial score (nSPS) is 25.9. The van der Waals surface area contributed by atoms with Crippen molar-refractivity contribution in [2.75, 3.05) is 12.4 Å². The smallest absolute Gasteiger partial charge is 0.335 e. The van der Waals surface area contributed by atoms with E-state index in [1.807, 2.05) is 16.8 Å². The Labute approximate surface area is 180 Å². The van der Waals surface area contributed by atoms with Crippen molar-refractivity contribution in [1.82, 2.24) is 18.8 Å². The van der Waals surface area contributed by atoms with E-state index in [-0.39, 0.29) is 12.1 Å². The SMILES string of the molecule is CN([C@H]1C[C@@H](n2ccc3c(N[C@@H]4CCc5ccccc54)ncnc32)C[C@@H]1O)S(=O)(=O)O. The molecule has 3 aromatic rings. The lowest BCUT2D eigenvalue weighted by atomic mass is 10.1. The molecule has 0 saturated heterocycles. The summed E-state index contributed by atoms with van der Waals surface area (Å²) >= 11 is 0. The van der Waals surface area contributed by atoms with Gasteiger partial charge in [-0.2, -0.15) is 12.7 Å². The van der Waals surface area contributed by atoms with E-state index in [2.05, 4.69) is 39.6 Å². The van der Waals surface area contributed by atoms with E-state index in [1.54, 1.807) is 0 Å². The maximum absolute atomic E-state index is 11.5. The highest BCUT2D eigenvalue weighted by atomic mass is 32.2. The molecule has 164 valence electrons. The van der Waals surface area contributed by atoms with E-state index in [0.29, 0.717) is 12.8 Å². The average molecular weight is 444 g/mol. The summed E-state index contributed by atoms with van der Waals surface area (Å²) in [4.78, 5) is 8.93. The van der Waals surface area contributed by atoms with Gasteiger partial charge in [-0.15, -0.1) is 0 Å². The molecular formula is C21H25N5O4S. The summed E-state index contributed by atoms with van der Waals surface area (Å²) in [6.07, 6.45) is 5.34. The van der Waals surface area contributed by atoms with Gasteiger partial charge in [0, 0.05) is 19.3 Å². The molecule has 3 N–H and O–H groups in total. The van der Waals surface area contributed by atoms with E-state index in [9.17, 15) is 18.1 Å². The number of nitrogens with one attached hydrogen (secondary N) is 1. The van der Waals surface area contributed by atoms with Crippen molar-refractivity contribution in [2.24, 2.45) is 0 Å². The van der Waals surface area contributed by atoms with E-state index in [0.717, 1.165) is 34.0 Å². The van der Waals surface area contributed by atoms with Crippen LogP contribution in [0.3, 0.4) is 0 Å². The first kappa shape index (κ1) is 20.4. The van der Waals surface area contributed by atoms with Crippen LogP contribution >= 0.6 is 0 Å². The third kappa shape index (κ3) is 3.59. The third-order valence-electron chi connectivity index (χ3n) is 6.65. The first-order chi connectivity index (χ1) is 14.8. The van der Waals surface area contributed by atoms with Gasteiger partial charge in [0.15, 0.2) is 0 Å². The number of aliphatic hydroxyl groups is 1. The van der Waals surface area contributed by atoms with Crippen LogP contribution in [0.2, 0.25) is 0 Å². The lowest BCUT2D eigenvalue weighted by molar-refractivity contribution is 0.117. The second-order valence-corrected chi connectivity index (χ2v) is 9.84. The molecule has 2 aliphatic rings. The van der Waals surface area contributed by atoms with Gasteiger partial charge >= 0.3 is 10.3 Å². The molecule has 1 saturated carbocycles. The number of fused-ring (bicyclic) bond motifs is 2. The molecule has 4 atom stereocenters. The number of nitrogens with zero attached hydrogens (tertiary/aromatic N) is 4. The van der Waals surface area contributed by atoms with E-state index >= 15 is 0 Å². The number of hydrogen-bond acceptors (Lipinski definition) is 6. The van der Waals surface area contributed by atoms with Gasteiger partial charge in [-0.05, 0) is 42.9 Å². The molecule has 0 aliphatic heterocycles. The van der Waals surface area contributed by atoms with Crippen molar-refractivity contribution in [3.63, 3.8) is 0 Å². The highest BCUT2D eigenvalue weighted by molar-refractivity contribution is 7.83. The Kier molecular flexibility index (Phi) is 4.97. The predicted octanol–water partition coefficient (Wildman–Crippen LogP) is 2.33. The Hall–Kier alpha value is -2.53.